The van der Waals surface area contributed by atoms with Gasteiger partial charge < -0.3 is 10.8 Å². The molecule has 16 heavy (non-hydrogen) atoms. The molecule has 0 saturated heterocycles. The van der Waals surface area contributed by atoms with Gasteiger partial charge in [0.25, 0.3) is 5.76 Å². The zero-order valence-corrected chi connectivity index (χ0v) is 9.38. The fourth-order valence-electron chi connectivity index (χ4n) is 1.99. The standard InChI is InChI=1S/C11H13F2NOS/c12-10(13)16-9-3-1-7(2-4-9)11(14)5-8(15)6-11/h1-4,8,10,15H,5-6,14H2. The fourth-order valence-corrected chi connectivity index (χ4v) is 2.48. The van der Waals surface area contributed by atoms with Crippen LogP contribution in [0.5, 0.6) is 0 Å². The van der Waals surface area contributed by atoms with Crippen LogP contribution in [0.3, 0.4) is 0 Å². The molecular formula is C11H13F2NOS. The van der Waals surface area contributed by atoms with Gasteiger partial charge in [-0.3, -0.25) is 0 Å². The monoisotopic (exact) mass is 245 g/mol. The summed E-state index contributed by atoms with van der Waals surface area (Å²) in [5.74, 6) is -2.40. The Hall–Kier alpha value is -0.650. The van der Waals surface area contributed by atoms with E-state index in [4.69, 9.17) is 5.73 Å². The van der Waals surface area contributed by atoms with Crippen LogP contribution in [0.15, 0.2) is 29.2 Å². The van der Waals surface area contributed by atoms with Crippen molar-refractivity contribution in [3.05, 3.63) is 29.8 Å². The lowest BCUT2D eigenvalue weighted by atomic mass is 9.71. The van der Waals surface area contributed by atoms with Crippen molar-refractivity contribution in [2.75, 3.05) is 0 Å². The summed E-state index contributed by atoms with van der Waals surface area (Å²) in [4.78, 5) is 0.530. The van der Waals surface area contributed by atoms with Crippen molar-refractivity contribution < 1.29 is 13.9 Å². The van der Waals surface area contributed by atoms with Gasteiger partial charge in [0.2, 0.25) is 0 Å². The van der Waals surface area contributed by atoms with E-state index in [0.29, 0.717) is 29.5 Å². The van der Waals surface area contributed by atoms with E-state index in [1.54, 1.807) is 24.3 Å². The van der Waals surface area contributed by atoms with E-state index in [2.05, 4.69) is 0 Å². The normalized spacial score (nSPS) is 29.2. The Morgan fingerprint density at radius 1 is 1.31 bits per heavy atom. The van der Waals surface area contributed by atoms with E-state index in [9.17, 15) is 13.9 Å². The minimum Gasteiger partial charge on any atom is -0.393 e. The van der Waals surface area contributed by atoms with E-state index in [1.807, 2.05) is 0 Å². The largest absolute Gasteiger partial charge is 0.393 e. The molecule has 0 spiro atoms. The molecule has 5 heteroatoms. The minimum absolute atomic E-state index is 0.333. The van der Waals surface area contributed by atoms with Gasteiger partial charge in [-0.15, -0.1) is 0 Å². The number of hydrogen-bond donors (Lipinski definition) is 2. The highest BCUT2D eigenvalue weighted by Crippen LogP contribution is 2.39. The molecule has 0 aromatic heterocycles. The lowest BCUT2D eigenvalue weighted by Crippen LogP contribution is -2.51. The Labute approximate surface area is 96.8 Å². The number of nitrogens with two attached hydrogens (primary N) is 1. The Morgan fingerprint density at radius 3 is 2.31 bits per heavy atom. The molecule has 1 fully saturated rings. The van der Waals surface area contributed by atoms with Gasteiger partial charge in [-0.05, 0) is 30.5 Å². The van der Waals surface area contributed by atoms with Gasteiger partial charge in [0.15, 0.2) is 0 Å². The highest BCUT2D eigenvalue weighted by atomic mass is 32.2. The molecule has 0 atom stereocenters. The maximum atomic E-state index is 12.1. The molecule has 0 bridgehead atoms. The van der Waals surface area contributed by atoms with Crippen LogP contribution in [-0.2, 0) is 5.54 Å². The molecule has 0 unspecified atom stereocenters. The third-order valence-corrected chi connectivity index (χ3v) is 3.58. The van der Waals surface area contributed by atoms with Crippen molar-refractivity contribution in [1.82, 2.24) is 0 Å². The van der Waals surface area contributed by atoms with Crippen LogP contribution >= 0.6 is 11.8 Å². The summed E-state index contributed by atoms with van der Waals surface area (Å²) in [5, 5.41) is 9.24. The highest BCUT2D eigenvalue weighted by molar-refractivity contribution is 7.99. The lowest BCUT2D eigenvalue weighted by molar-refractivity contribution is 0.0209. The van der Waals surface area contributed by atoms with Gasteiger partial charge in [0, 0.05) is 10.4 Å². The topological polar surface area (TPSA) is 46.2 Å². The molecule has 3 N–H and O–H groups in total. The molecule has 1 aliphatic carbocycles. The average molecular weight is 245 g/mol. The van der Waals surface area contributed by atoms with Crippen molar-refractivity contribution in [3.8, 4) is 0 Å². The molecule has 1 saturated carbocycles. The third kappa shape index (κ3) is 2.36. The van der Waals surface area contributed by atoms with Gasteiger partial charge in [0.1, 0.15) is 0 Å². The first kappa shape index (κ1) is 11.8. The van der Waals surface area contributed by atoms with Crippen LogP contribution in [0, 0.1) is 0 Å². The average Bonchev–Trinajstić information content (AvgIpc) is 2.15. The number of alkyl halides is 2. The number of rotatable bonds is 3. The Kier molecular flexibility index (Phi) is 3.19. The quantitative estimate of drug-likeness (QED) is 0.803. The maximum Gasteiger partial charge on any atom is 0.288 e. The number of thioether (sulfide) groups is 1. The second kappa shape index (κ2) is 4.31. The molecule has 1 aromatic carbocycles. The van der Waals surface area contributed by atoms with Gasteiger partial charge in [-0.25, -0.2) is 0 Å². The molecule has 1 aromatic rings. The van der Waals surface area contributed by atoms with Gasteiger partial charge in [-0.1, -0.05) is 23.9 Å². The number of benzene rings is 1. The van der Waals surface area contributed by atoms with Crippen LogP contribution in [0.2, 0.25) is 0 Å². The predicted molar refractivity (Wildman–Crippen MR) is 59.4 cm³/mol. The number of hydrogen-bond acceptors (Lipinski definition) is 3. The van der Waals surface area contributed by atoms with E-state index in [0.717, 1.165) is 5.56 Å². The number of aliphatic hydroxyl groups excluding tert-OH is 1. The number of aliphatic hydroxyl groups is 1. The summed E-state index contributed by atoms with van der Waals surface area (Å²) < 4.78 is 24.2. The first-order valence-corrected chi connectivity index (χ1v) is 5.90. The van der Waals surface area contributed by atoms with Crippen LogP contribution < -0.4 is 5.73 Å². The first-order chi connectivity index (χ1) is 7.49. The van der Waals surface area contributed by atoms with Crippen LogP contribution in [0.1, 0.15) is 18.4 Å². The summed E-state index contributed by atoms with van der Waals surface area (Å²) in [7, 11) is 0. The molecule has 0 aliphatic heterocycles. The fraction of sp³-hybridized carbons (Fsp3) is 0.455. The Bertz CT molecular complexity index is 363. The van der Waals surface area contributed by atoms with Crippen molar-refractivity contribution in [1.29, 1.82) is 0 Å². The van der Waals surface area contributed by atoms with Crippen LogP contribution in [0.4, 0.5) is 8.78 Å². The maximum absolute atomic E-state index is 12.1. The zero-order valence-electron chi connectivity index (χ0n) is 8.57. The third-order valence-electron chi connectivity index (χ3n) is 2.85. The number of halogens is 2. The summed E-state index contributed by atoms with van der Waals surface area (Å²) in [6.45, 7) is 0. The molecular weight excluding hydrogens is 232 g/mol. The Balaban J connectivity index is 2.08. The molecule has 88 valence electrons. The summed E-state index contributed by atoms with van der Waals surface area (Å²) >= 11 is 0.520. The van der Waals surface area contributed by atoms with E-state index in [-0.39, 0.29) is 6.10 Å². The second-order valence-corrected chi connectivity index (χ2v) is 5.18. The zero-order chi connectivity index (χ0) is 11.8. The minimum atomic E-state index is -2.40. The highest BCUT2D eigenvalue weighted by Gasteiger charge is 2.41. The van der Waals surface area contributed by atoms with Crippen molar-refractivity contribution in [2.24, 2.45) is 5.73 Å². The lowest BCUT2D eigenvalue weighted by Gasteiger charge is -2.42. The molecule has 0 heterocycles. The van der Waals surface area contributed by atoms with Gasteiger partial charge >= 0.3 is 0 Å². The van der Waals surface area contributed by atoms with Gasteiger partial charge in [-0.2, -0.15) is 8.78 Å². The molecule has 2 nitrogen and oxygen atoms in total. The van der Waals surface area contributed by atoms with E-state index >= 15 is 0 Å². The molecule has 1 aliphatic rings. The van der Waals surface area contributed by atoms with Crippen molar-refractivity contribution >= 4 is 11.8 Å². The van der Waals surface area contributed by atoms with Crippen LogP contribution in [-0.4, -0.2) is 17.0 Å². The summed E-state index contributed by atoms with van der Waals surface area (Å²) in [6.07, 6.45) is 0.739. The van der Waals surface area contributed by atoms with E-state index < -0.39 is 11.3 Å². The molecule has 0 amide bonds. The predicted octanol–water partition coefficient (Wildman–Crippen LogP) is 2.31. The summed E-state index contributed by atoms with van der Waals surface area (Å²) in [5.41, 5.74) is 6.47. The van der Waals surface area contributed by atoms with Gasteiger partial charge in [0.05, 0.1) is 6.10 Å². The SMILES string of the molecule is NC1(c2ccc(SC(F)F)cc2)CC(O)C1. The smallest absolute Gasteiger partial charge is 0.288 e. The van der Waals surface area contributed by atoms with Crippen LogP contribution in [0.25, 0.3) is 0 Å². The molecule has 0 radical (unpaired) electrons. The molecule has 2 rings (SSSR count). The van der Waals surface area contributed by atoms with Crippen molar-refractivity contribution in [2.45, 2.75) is 35.1 Å². The van der Waals surface area contributed by atoms with E-state index in [1.165, 1.54) is 0 Å². The summed E-state index contributed by atoms with van der Waals surface area (Å²) in [6, 6.07) is 6.81. The Morgan fingerprint density at radius 2 is 1.88 bits per heavy atom. The first-order valence-electron chi connectivity index (χ1n) is 5.02. The van der Waals surface area contributed by atoms with Crippen molar-refractivity contribution in [3.63, 3.8) is 0 Å². The second-order valence-electron chi connectivity index (χ2n) is 4.12.